The van der Waals surface area contributed by atoms with E-state index in [2.05, 4.69) is 22.9 Å². The van der Waals surface area contributed by atoms with Gasteiger partial charge < -0.3 is 15.4 Å². The van der Waals surface area contributed by atoms with Crippen molar-refractivity contribution in [2.45, 2.75) is 37.7 Å². The van der Waals surface area contributed by atoms with Crippen LogP contribution in [-0.2, 0) is 9.59 Å². The Morgan fingerprint density at radius 3 is 3.04 bits per heavy atom. The Bertz CT molecular complexity index is 553. The molecule has 7 heteroatoms. The second-order valence-corrected chi connectivity index (χ2v) is 6.49. The summed E-state index contributed by atoms with van der Waals surface area (Å²) >= 11 is 1.38. The second-order valence-electron chi connectivity index (χ2n) is 5.40. The molecular formula is C16H23N3O3S. The fraction of sp³-hybridized carbons (Fsp3) is 0.500. The molecule has 1 saturated heterocycles. The highest BCUT2D eigenvalue weighted by atomic mass is 32.2. The zero-order valence-corrected chi connectivity index (χ0v) is 14.2. The van der Waals surface area contributed by atoms with Crippen molar-refractivity contribution in [1.82, 2.24) is 10.6 Å². The molecule has 23 heavy (non-hydrogen) atoms. The van der Waals surface area contributed by atoms with E-state index in [1.54, 1.807) is 13.2 Å². The third-order valence-corrected chi connectivity index (χ3v) is 4.50. The molecule has 0 spiro atoms. The number of thioether (sulfide) groups is 1. The first-order valence-corrected chi connectivity index (χ1v) is 8.76. The van der Waals surface area contributed by atoms with Gasteiger partial charge >= 0.3 is 0 Å². The molecule has 2 unspecified atom stereocenters. The van der Waals surface area contributed by atoms with Crippen LogP contribution >= 0.6 is 11.8 Å². The van der Waals surface area contributed by atoms with Crippen molar-refractivity contribution < 1.29 is 14.3 Å². The van der Waals surface area contributed by atoms with Crippen LogP contribution in [0, 0.1) is 0 Å². The molecule has 2 amide bonds. The first kappa shape index (κ1) is 17.6. The van der Waals surface area contributed by atoms with Gasteiger partial charge in [0.15, 0.2) is 0 Å². The Morgan fingerprint density at radius 1 is 1.48 bits per heavy atom. The summed E-state index contributed by atoms with van der Waals surface area (Å²) in [7, 11) is 1.58. The van der Waals surface area contributed by atoms with Crippen LogP contribution in [-0.4, -0.2) is 36.2 Å². The highest BCUT2D eigenvalue weighted by Gasteiger charge is 2.25. The van der Waals surface area contributed by atoms with Gasteiger partial charge in [-0.1, -0.05) is 19.4 Å². The molecule has 1 fully saturated rings. The SMILES string of the molecule is CCCC1CC(=O)NC(SCC(=O)Nc2cccc(OC)c2)N1. The zero-order chi connectivity index (χ0) is 16.7. The number of carbonyl (C=O) groups is 2. The molecule has 126 valence electrons. The van der Waals surface area contributed by atoms with E-state index in [-0.39, 0.29) is 29.1 Å². The number of ether oxygens (including phenoxy) is 1. The molecule has 2 rings (SSSR count). The van der Waals surface area contributed by atoms with Gasteiger partial charge in [-0.2, -0.15) is 0 Å². The molecule has 0 bridgehead atoms. The summed E-state index contributed by atoms with van der Waals surface area (Å²) in [5.74, 6) is 0.873. The normalized spacial score (nSPS) is 20.7. The van der Waals surface area contributed by atoms with Gasteiger partial charge in [0, 0.05) is 24.2 Å². The van der Waals surface area contributed by atoms with Crippen LogP contribution in [0.1, 0.15) is 26.2 Å². The number of hydrogen-bond acceptors (Lipinski definition) is 5. The van der Waals surface area contributed by atoms with Crippen LogP contribution in [0.4, 0.5) is 5.69 Å². The van der Waals surface area contributed by atoms with Crippen LogP contribution in [0.2, 0.25) is 0 Å². The molecule has 0 radical (unpaired) electrons. The average molecular weight is 337 g/mol. The molecule has 1 aromatic carbocycles. The minimum Gasteiger partial charge on any atom is -0.497 e. The summed E-state index contributed by atoms with van der Waals surface area (Å²) < 4.78 is 5.12. The maximum Gasteiger partial charge on any atom is 0.234 e. The monoisotopic (exact) mass is 337 g/mol. The van der Waals surface area contributed by atoms with Crippen molar-refractivity contribution in [3.05, 3.63) is 24.3 Å². The molecule has 1 heterocycles. The van der Waals surface area contributed by atoms with Gasteiger partial charge in [0.25, 0.3) is 0 Å². The second kappa shape index (κ2) is 8.79. The lowest BCUT2D eigenvalue weighted by molar-refractivity contribution is -0.123. The van der Waals surface area contributed by atoms with Gasteiger partial charge in [0.1, 0.15) is 11.2 Å². The Kier molecular flexibility index (Phi) is 6.73. The number of amides is 2. The molecular weight excluding hydrogens is 314 g/mol. The van der Waals surface area contributed by atoms with E-state index >= 15 is 0 Å². The molecule has 1 aliphatic rings. The molecule has 1 aromatic rings. The summed E-state index contributed by atoms with van der Waals surface area (Å²) in [6.45, 7) is 2.10. The molecule has 3 N–H and O–H groups in total. The molecule has 0 aliphatic carbocycles. The third-order valence-electron chi connectivity index (χ3n) is 3.48. The molecule has 6 nitrogen and oxygen atoms in total. The van der Waals surface area contributed by atoms with Crippen molar-refractivity contribution >= 4 is 29.3 Å². The first-order valence-electron chi connectivity index (χ1n) is 7.71. The van der Waals surface area contributed by atoms with E-state index in [4.69, 9.17) is 4.74 Å². The van der Waals surface area contributed by atoms with Crippen LogP contribution < -0.4 is 20.7 Å². The van der Waals surface area contributed by atoms with E-state index in [0.717, 1.165) is 12.8 Å². The summed E-state index contributed by atoms with van der Waals surface area (Å²) in [4.78, 5) is 23.7. The highest BCUT2D eigenvalue weighted by molar-refractivity contribution is 8.00. The predicted octanol–water partition coefficient (Wildman–Crippen LogP) is 1.93. The molecule has 1 aliphatic heterocycles. The number of carbonyl (C=O) groups excluding carboxylic acids is 2. The number of nitrogens with one attached hydrogen (secondary N) is 3. The van der Waals surface area contributed by atoms with E-state index in [9.17, 15) is 9.59 Å². The van der Waals surface area contributed by atoms with E-state index in [1.807, 2.05) is 18.2 Å². The number of benzene rings is 1. The first-order chi connectivity index (χ1) is 11.1. The number of methoxy groups -OCH3 is 1. The topological polar surface area (TPSA) is 79.5 Å². The van der Waals surface area contributed by atoms with Crippen LogP contribution in [0.15, 0.2) is 24.3 Å². The van der Waals surface area contributed by atoms with Crippen molar-refractivity contribution in [2.75, 3.05) is 18.2 Å². The Morgan fingerprint density at radius 2 is 2.30 bits per heavy atom. The lowest BCUT2D eigenvalue weighted by Gasteiger charge is -2.30. The van der Waals surface area contributed by atoms with Gasteiger partial charge in [0.05, 0.1) is 12.9 Å². The lowest BCUT2D eigenvalue weighted by Crippen LogP contribution is -2.54. The molecule has 0 saturated carbocycles. The van der Waals surface area contributed by atoms with Gasteiger partial charge in [-0.25, -0.2) is 0 Å². The summed E-state index contributed by atoms with van der Waals surface area (Å²) in [6.07, 6.45) is 2.49. The van der Waals surface area contributed by atoms with Gasteiger partial charge in [-0.05, 0) is 18.6 Å². The summed E-state index contributed by atoms with van der Waals surface area (Å²) in [6, 6.07) is 7.40. The van der Waals surface area contributed by atoms with E-state index in [1.165, 1.54) is 11.8 Å². The van der Waals surface area contributed by atoms with Crippen LogP contribution in [0.25, 0.3) is 0 Å². The Balaban J connectivity index is 1.80. The van der Waals surface area contributed by atoms with Gasteiger partial charge in [0.2, 0.25) is 11.8 Å². The largest absolute Gasteiger partial charge is 0.497 e. The van der Waals surface area contributed by atoms with Crippen molar-refractivity contribution in [2.24, 2.45) is 0 Å². The number of hydrogen-bond donors (Lipinski definition) is 3. The number of anilines is 1. The smallest absolute Gasteiger partial charge is 0.234 e. The predicted molar refractivity (Wildman–Crippen MR) is 92.5 cm³/mol. The highest BCUT2D eigenvalue weighted by Crippen LogP contribution is 2.18. The average Bonchev–Trinajstić information content (AvgIpc) is 2.53. The zero-order valence-electron chi connectivity index (χ0n) is 13.4. The van der Waals surface area contributed by atoms with Crippen molar-refractivity contribution in [3.63, 3.8) is 0 Å². The fourth-order valence-corrected chi connectivity index (χ4v) is 3.32. The Labute approximate surface area is 140 Å². The van der Waals surface area contributed by atoms with Crippen LogP contribution in [0.5, 0.6) is 5.75 Å². The maximum absolute atomic E-state index is 12.0. The van der Waals surface area contributed by atoms with Crippen molar-refractivity contribution in [1.29, 1.82) is 0 Å². The van der Waals surface area contributed by atoms with E-state index in [0.29, 0.717) is 17.9 Å². The minimum absolute atomic E-state index is 0.0351. The van der Waals surface area contributed by atoms with Gasteiger partial charge in [-0.15, -0.1) is 11.8 Å². The minimum atomic E-state index is -0.219. The molecule has 2 atom stereocenters. The van der Waals surface area contributed by atoms with Crippen LogP contribution in [0.3, 0.4) is 0 Å². The van der Waals surface area contributed by atoms with Crippen molar-refractivity contribution in [3.8, 4) is 5.75 Å². The fourth-order valence-electron chi connectivity index (χ4n) is 2.42. The van der Waals surface area contributed by atoms with E-state index < -0.39 is 0 Å². The molecule has 0 aromatic heterocycles. The lowest BCUT2D eigenvalue weighted by atomic mass is 10.1. The standard InChI is InChI=1S/C16H23N3O3S/c1-3-5-11-9-14(20)19-16(18-11)23-10-15(21)17-12-6-4-7-13(8-12)22-2/h4,6-8,11,16,18H,3,5,9-10H2,1-2H3,(H,17,21)(H,19,20). The maximum atomic E-state index is 12.0. The Hall–Kier alpha value is -1.73. The van der Waals surface area contributed by atoms with Gasteiger partial charge in [-0.3, -0.25) is 14.9 Å². The summed E-state index contributed by atoms with van der Waals surface area (Å²) in [5.41, 5.74) is 0.475. The quantitative estimate of drug-likeness (QED) is 0.708. The third kappa shape index (κ3) is 5.76. The summed E-state index contributed by atoms with van der Waals surface area (Å²) in [5, 5.41) is 9.03. The number of rotatable bonds is 7.